The van der Waals surface area contributed by atoms with Crippen LogP contribution in [-0.2, 0) is 4.79 Å². The van der Waals surface area contributed by atoms with Crippen LogP contribution in [0.4, 0.5) is 8.78 Å². The Morgan fingerprint density at radius 2 is 1.92 bits per heavy atom. The molecule has 0 unspecified atom stereocenters. The molecule has 0 bridgehead atoms. The van der Waals surface area contributed by atoms with Gasteiger partial charge in [0, 0.05) is 5.02 Å². The minimum Gasteiger partial charge on any atom is -0.425 e. The van der Waals surface area contributed by atoms with Gasteiger partial charge in [0.15, 0.2) is 0 Å². The highest BCUT2D eigenvalue weighted by Gasteiger charge is 2.42. The van der Waals surface area contributed by atoms with Crippen LogP contribution in [0, 0.1) is 13.8 Å². The first kappa shape index (κ1) is 17.9. The minimum absolute atomic E-state index is 0.137. The van der Waals surface area contributed by atoms with E-state index >= 15 is 0 Å². The molecule has 0 aliphatic rings. The van der Waals surface area contributed by atoms with E-state index in [-0.39, 0.29) is 5.75 Å². The van der Waals surface area contributed by atoms with E-state index in [9.17, 15) is 13.6 Å². The van der Waals surface area contributed by atoms with Crippen molar-refractivity contribution in [2.75, 3.05) is 0 Å². The van der Waals surface area contributed by atoms with Gasteiger partial charge >= 0.3 is 12.0 Å². The molecule has 0 spiro atoms. The van der Waals surface area contributed by atoms with Crippen LogP contribution in [0.1, 0.15) is 16.7 Å². The summed E-state index contributed by atoms with van der Waals surface area (Å²) in [4.78, 5) is 11.6. The van der Waals surface area contributed by atoms with Gasteiger partial charge in [-0.1, -0.05) is 35.9 Å². The summed E-state index contributed by atoms with van der Waals surface area (Å²) in [7, 11) is 0. The minimum atomic E-state index is -4.07. The van der Waals surface area contributed by atoms with Gasteiger partial charge in [-0.05, 0) is 48.7 Å². The monoisotopic (exact) mass is 352 g/mol. The molecule has 0 saturated heterocycles. The van der Waals surface area contributed by atoms with Crippen molar-refractivity contribution in [3.05, 3.63) is 64.2 Å². The second-order valence-corrected chi connectivity index (χ2v) is 5.52. The van der Waals surface area contributed by atoms with E-state index in [1.165, 1.54) is 24.4 Å². The molecule has 126 valence electrons. The number of halogens is 3. The van der Waals surface area contributed by atoms with Crippen LogP contribution in [0.15, 0.2) is 47.6 Å². The Labute approximate surface area is 143 Å². The predicted molar refractivity (Wildman–Crippen MR) is 88.7 cm³/mol. The van der Waals surface area contributed by atoms with Crippen LogP contribution in [-0.4, -0.2) is 18.2 Å². The Morgan fingerprint density at radius 1 is 1.21 bits per heavy atom. The lowest BCUT2D eigenvalue weighted by Gasteiger charge is -2.17. The number of aryl methyl sites for hydroxylation is 2. The molecule has 2 aromatic rings. The van der Waals surface area contributed by atoms with Crippen LogP contribution in [0.2, 0.25) is 5.02 Å². The van der Waals surface area contributed by atoms with Gasteiger partial charge in [0.2, 0.25) is 0 Å². The molecule has 0 saturated carbocycles. The first-order chi connectivity index (χ1) is 11.3. The SMILES string of the molecule is Cc1ccccc1/C=N/NC(=O)C(F)(F)Oc1ccc(Cl)cc1C. The molecular formula is C17H15ClF2N2O2. The number of nitrogens with zero attached hydrogens (tertiary/aromatic N) is 1. The molecule has 24 heavy (non-hydrogen) atoms. The average molecular weight is 353 g/mol. The smallest absolute Gasteiger partial charge is 0.425 e. The number of ether oxygens (including phenoxy) is 1. The third-order valence-electron chi connectivity index (χ3n) is 3.20. The molecule has 0 aliphatic heterocycles. The fraction of sp³-hybridized carbons (Fsp3) is 0.176. The first-order valence-electron chi connectivity index (χ1n) is 7.02. The maximum absolute atomic E-state index is 13.8. The highest BCUT2D eigenvalue weighted by atomic mass is 35.5. The molecule has 0 radical (unpaired) electrons. The van der Waals surface area contributed by atoms with Crippen LogP contribution in [0.25, 0.3) is 0 Å². The number of nitrogens with one attached hydrogen (secondary N) is 1. The van der Waals surface area contributed by atoms with Gasteiger partial charge in [-0.25, -0.2) is 5.43 Å². The average Bonchev–Trinajstić information content (AvgIpc) is 2.52. The Hall–Kier alpha value is -2.47. The van der Waals surface area contributed by atoms with Crippen molar-refractivity contribution in [2.45, 2.75) is 20.0 Å². The second-order valence-electron chi connectivity index (χ2n) is 5.08. The van der Waals surface area contributed by atoms with Crippen LogP contribution < -0.4 is 10.2 Å². The van der Waals surface area contributed by atoms with Gasteiger partial charge in [0.25, 0.3) is 0 Å². The number of rotatable bonds is 5. The number of alkyl halides is 2. The van der Waals surface area contributed by atoms with Gasteiger partial charge in [0.1, 0.15) is 5.75 Å². The van der Waals surface area contributed by atoms with Crippen LogP contribution in [0.5, 0.6) is 5.75 Å². The Morgan fingerprint density at radius 3 is 2.58 bits per heavy atom. The van der Waals surface area contributed by atoms with Crippen molar-refractivity contribution >= 4 is 23.7 Å². The molecule has 0 aliphatic carbocycles. The Kier molecular flexibility index (Phi) is 5.51. The van der Waals surface area contributed by atoms with Crippen molar-refractivity contribution in [3.8, 4) is 5.75 Å². The zero-order valence-corrected chi connectivity index (χ0v) is 13.8. The maximum atomic E-state index is 13.8. The third kappa shape index (κ3) is 4.52. The summed E-state index contributed by atoms with van der Waals surface area (Å²) < 4.78 is 32.2. The lowest BCUT2D eigenvalue weighted by Crippen LogP contribution is -2.42. The fourth-order valence-corrected chi connectivity index (χ4v) is 2.10. The van der Waals surface area contributed by atoms with E-state index in [4.69, 9.17) is 11.6 Å². The standard InChI is InChI=1S/C17H15ClF2N2O2/c1-11-5-3-4-6-13(11)10-21-22-16(23)17(19,20)24-15-8-7-14(18)9-12(15)2/h3-10H,1-2H3,(H,22,23)/b21-10+. The number of carbonyl (C=O) groups is 1. The molecule has 7 heteroatoms. The number of benzene rings is 2. The molecule has 0 fully saturated rings. The summed E-state index contributed by atoms with van der Waals surface area (Å²) in [6.45, 7) is 3.38. The van der Waals surface area contributed by atoms with E-state index in [0.29, 0.717) is 16.1 Å². The molecule has 1 amide bonds. The van der Waals surface area contributed by atoms with Gasteiger partial charge in [-0.3, -0.25) is 4.79 Å². The Bertz CT molecular complexity index is 779. The van der Waals surface area contributed by atoms with E-state index < -0.39 is 12.0 Å². The normalized spacial score (nSPS) is 11.5. The third-order valence-corrected chi connectivity index (χ3v) is 3.43. The second kappa shape index (κ2) is 7.40. The zero-order valence-electron chi connectivity index (χ0n) is 13.0. The number of amides is 1. The number of carbonyl (C=O) groups excluding carboxylic acids is 1. The largest absolute Gasteiger partial charge is 0.484 e. The summed E-state index contributed by atoms with van der Waals surface area (Å²) in [6, 6.07) is 11.3. The summed E-state index contributed by atoms with van der Waals surface area (Å²) in [5.41, 5.74) is 3.77. The summed E-state index contributed by atoms with van der Waals surface area (Å²) >= 11 is 5.75. The van der Waals surface area contributed by atoms with Gasteiger partial charge in [0.05, 0.1) is 6.21 Å². The summed E-state index contributed by atoms with van der Waals surface area (Å²) in [5, 5.41) is 3.93. The molecule has 2 aromatic carbocycles. The highest BCUT2D eigenvalue weighted by molar-refractivity contribution is 6.30. The van der Waals surface area contributed by atoms with E-state index in [2.05, 4.69) is 9.84 Å². The summed E-state index contributed by atoms with van der Waals surface area (Å²) in [5.74, 6) is -1.80. The van der Waals surface area contributed by atoms with Gasteiger partial charge in [-0.15, -0.1) is 0 Å². The molecule has 0 atom stereocenters. The van der Waals surface area contributed by atoms with Crippen LogP contribution in [0.3, 0.4) is 0 Å². The van der Waals surface area contributed by atoms with Crippen LogP contribution >= 0.6 is 11.6 Å². The Balaban J connectivity index is 2.03. The molecule has 0 heterocycles. The van der Waals surface area contributed by atoms with Gasteiger partial charge in [-0.2, -0.15) is 13.9 Å². The van der Waals surface area contributed by atoms with Crippen molar-refractivity contribution in [2.24, 2.45) is 5.10 Å². The first-order valence-corrected chi connectivity index (χ1v) is 7.39. The number of hydrogen-bond donors (Lipinski definition) is 1. The molecule has 1 N–H and O–H groups in total. The fourth-order valence-electron chi connectivity index (χ4n) is 1.87. The predicted octanol–water partition coefficient (Wildman–Crippen LogP) is 4.08. The number of hydrogen-bond acceptors (Lipinski definition) is 3. The van der Waals surface area contributed by atoms with E-state index in [1.807, 2.05) is 19.1 Å². The zero-order chi connectivity index (χ0) is 17.7. The lowest BCUT2D eigenvalue weighted by atomic mass is 10.1. The molecular weight excluding hydrogens is 338 g/mol. The van der Waals surface area contributed by atoms with Crippen molar-refractivity contribution in [3.63, 3.8) is 0 Å². The quantitative estimate of drug-likeness (QED) is 0.651. The lowest BCUT2D eigenvalue weighted by molar-refractivity contribution is -0.192. The van der Waals surface area contributed by atoms with Crippen molar-refractivity contribution < 1.29 is 18.3 Å². The highest BCUT2D eigenvalue weighted by Crippen LogP contribution is 2.27. The van der Waals surface area contributed by atoms with E-state index in [0.717, 1.165) is 5.56 Å². The number of hydrazone groups is 1. The maximum Gasteiger partial charge on any atom is 0.484 e. The molecule has 2 rings (SSSR count). The van der Waals surface area contributed by atoms with E-state index in [1.54, 1.807) is 24.5 Å². The topological polar surface area (TPSA) is 50.7 Å². The van der Waals surface area contributed by atoms with Crippen molar-refractivity contribution in [1.29, 1.82) is 0 Å². The van der Waals surface area contributed by atoms with Crippen molar-refractivity contribution in [1.82, 2.24) is 5.43 Å². The molecule has 0 aromatic heterocycles. The molecule has 4 nitrogen and oxygen atoms in total. The van der Waals surface area contributed by atoms with Gasteiger partial charge < -0.3 is 4.74 Å². The summed E-state index contributed by atoms with van der Waals surface area (Å²) in [6.07, 6.45) is -2.78.